The van der Waals surface area contributed by atoms with E-state index in [2.05, 4.69) is 15.0 Å². The quantitative estimate of drug-likeness (QED) is 0.549. The van der Waals surface area contributed by atoms with Gasteiger partial charge in [0.1, 0.15) is 17.1 Å². The molecule has 104 valence electrons. The monoisotopic (exact) mass is 300 g/mol. The van der Waals surface area contributed by atoms with Crippen molar-refractivity contribution in [1.82, 2.24) is 15.0 Å². The van der Waals surface area contributed by atoms with Crippen LogP contribution in [0.25, 0.3) is 22.4 Å². The third kappa shape index (κ3) is 2.24. The number of nitrogens with one attached hydrogen (secondary N) is 1. The first kappa shape index (κ1) is 13.2. The Morgan fingerprint density at radius 3 is 2.52 bits per heavy atom. The minimum atomic E-state index is -4.55. The molecule has 1 aromatic carbocycles. The van der Waals surface area contributed by atoms with Crippen LogP contribution in [0.1, 0.15) is 5.56 Å². The first-order valence-electron chi connectivity index (χ1n) is 5.83. The normalized spacial score (nSPS) is 11.4. The predicted molar refractivity (Wildman–Crippen MR) is 73.9 cm³/mol. The van der Waals surface area contributed by atoms with Crippen molar-refractivity contribution in [3.05, 3.63) is 42.1 Å². The fourth-order valence-electron chi connectivity index (χ4n) is 1.97. The average molecular weight is 300 g/mol. The highest BCUT2D eigenvalue weighted by Crippen LogP contribution is 2.25. The Morgan fingerprint density at radius 1 is 1.19 bits per heavy atom. The summed E-state index contributed by atoms with van der Waals surface area (Å²) in [5.41, 5.74) is 0.914. The summed E-state index contributed by atoms with van der Waals surface area (Å²) in [6, 6.07) is 10.6. The van der Waals surface area contributed by atoms with E-state index in [1.54, 1.807) is 30.3 Å². The summed E-state index contributed by atoms with van der Waals surface area (Å²) >= 11 is 0. The zero-order chi connectivity index (χ0) is 15.0. The lowest BCUT2D eigenvalue weighted by Crippen LogP contribution is -2.05. The average Bonchev–Trinajstić information content (AvgIpc) is 2.89. The standard InChI is InChI=1S/C13H8N4O3S/c14-6-9-7-15-11-10(9)16-12(8-4-2-1-3-5-8)17-13(11)21(18,19)20/h1-5,7,15H,(H,18,19,20). The van der Waals surface area contributed by atoms with E-state index in [1.807, 2.05) is 6.07 Å². The van der Waals surface area contributed by atoms with E-state index in [9.17, 15) is 13.0 Å². The fourth-order valence-corrected chi connectivity index (χ4v) is 2.58. The largest absolute Gasteiger partial charge is 0.356 e. The Bertz CT molecular complexity index is 972. The molecule has 0 aliphatic heterocycles. The molecule has 0 unspecified atom stereocenters. The summed E-state index contributed by atoms with van der Waals surface area (Å²) in [4.78, 5) is 10.7. The van der Waals surface area contributed by atoms with E-state index >= 15 is 0 Å². The molecule has 0 fully saturated rings. The van der Waals surface area contributed by atoms with Crippen LogP contribution in [-0.2, 0) is 10.1 Å². The smallest absolute Gasteiger partial charge is 0.314 e. The summed E-state index contributed by atoms with van der Waals surface area (Å²) in [7, 11) is -4.55. The van der Waals surface area contributed by atoms with Crippen molar-refractivity contribution in [3.8, 4) is 17.5 Å². The molecule has 0 bridgehead atoms. The van der Waals surface area contributed by atoms with Gasteiger partial charge in [-0.3, -0.25) is 4.55 Å². The lowest BCUT2D eigenvalue weighted by atomic mass is 10.2. The molecule has 3 rings (SSSR count). The summed E-state index contributed by atoms with van der Waals surface area (Å²) in [6.07, 6.45) is 1.32. The van der Waals surface area contributed by atoms with Gasteiger partial charge in [-0.2, -0.15) is 13.7 Å². The first-order chi connectivity index (χ1) is 10.0. The van der Waals surface area contributed by atoms with Crippen LogP contribution >= 0.6 is 0 Å². The van der Waals surface area contributed by atoms with Crippen molar-refractivity contribution in [3.63, 3.8) is 0 Å². The van der Waals surface area contributed by atoms with Crippen LogP contribution in [0.2, 0.25) is 0 Å². The van der Waals surface area contributed by atoms with E-state index in [0.717, 1.165) is 0 Å². The van der Waals surface area contributed by atoms with Gasteiger partial charge in [0.05, 0.1) is 5.56 Å². The number of rotatable bonds is 2. The van der Waals surface area contributed by atoms with Crippen molar-refractivity contribution in [1.29, 1.82) is 5.26 Å². The van der Waals surface area contributed by atoms with Gasteiger partial charge in [-0.1, -0.05) is 30.3 Å². The predicted octanol–water partition coefficient (Wildman–Crippen LogP) is 1.74. The molecule has 8 heteroatoms. The first-order valence-corrected chi connectivity index (χ1v) is 7.27. The Balaban J connectivity index is 2.41. The summed E-state index contributed by atoms with van der Waals surface area (Å²) in [5.74, 6) is 0.117. The van der Waals surface area contributed by atoms with E-state index in [1.165, 1.54) is 6.20 Å². The van der Waals surface area contributed by atoms with Crippen molar-refractivity contribution < 1.29 is 13.0 Å². The molecule has 0 spiro atoms. The molecule has 7 nitrogen and oxygen atoms in total. The molecule has 0 aliphatic rings. The summed E-state index contributed by atoms with van der Waals surface area (Å²) in [5, 5.41) is 8.49. The van der Waals surface area contributed by atoms with E-state index in [4.69, 9.17) is 5.26 Å². The van der Waals surface area contributed by atoms with Gasteiger partial charge in [0.25, 0.3) is 0 Å². The van der Waals surface area contributed by atoms with Gasteiger partial charge in [-0.05, 0) is 0 Å². The van der Waals surface area contributed by atoms with Gasteiger partial charge < -0.3 is 4.98 Å². The van der Waals surface area contributed by atoms with Crippen LogP contribution in [0, 0.1) is 11.3 Å². The van der Waals surface area contributed by atoms with Gasteiger partial charge in [-0.25, -0.2) is 9.97 Å². The Labute approximate surface area is 119 Å². The van der Waals surface area contributed by atoms with Gasteiger partial charge in [0.2, 0.25) is 5.03 Å². The minimum Gasteiger partial charge on any atom is -0.356 e. The van der Waals surface area contributed by atoms with Crippen LogP contribution < -0.4 is 0 Å². The van der Waals surface area contributed by atoms with Crippen LogP contribution in [0.3, 0.4) is 0 Å². The highest BCUT2D eigenvalue weighted by atomic mass is 32.2. The summed E-state index contributed by atoms with van der Waals surface area (Å²) < 4.78 is 32.3. The van der Waals surface area contributed by atoms with Crippen molar-refractivity contribution in [2.75, 3.05) is 0 Å². The fraction of sp³-hybridized carbons (Fsp3) is 0. The molecule has 2 heterocycles. The van der Waals surface area contributed by atoms with E-state index in [0.29, 0.717) is 5.56 Å². The highest BCUT2D eigenvalue weighted by Gasteiger charge is 2.22. The molecule has 0 atom stereocenters. The zero-order valence-electron chi connectivity index (χ0n) is 10.5. The number of nitriles is 1. The van der Waals surface area contributed by atoms with Crippen molar-refractivity contribution >= 4 is 21.2 Å². The van der Waals surface area contributed by atoms with Crippen LogP contribution in [-0.4, -0.2) is 27.9 Å². The van der Waals surface area contributed by atoms with Gasteiger partial charge in [-0.15, -0.1) is 0 Å². The lowest BCUT2D eigenvalue weighted by Gasteiger charge is -2.04. The highest BCUT2D eigenvalue weighted by molar-refractivity contribution is 7.86. The number of hydrogen-bond donors (Lipinski definition) is 2. The topological polar surface area (TPSA) is 120 Å². The second-order valence-electron chi connectivity index (χ2n) is 4.23. The zero-order valence-corrected chi connectivity index (χ0v) is 11.3. The Morgan fingerprint density at radius 2 is 1.90 bits per heavy atom. The maximum absolute atomic E-state index is 11.5. The maximum atomic E-state index is 11.5. The van der Waals surface area contributed by atoms with Crippen molar-refractivity contribution in [2.24, 2.45) is 0 Å². The molecule has 3 aromatic rings. The molecule has 2 aromatic heterocycles. The van der Waals surface area contributed by atoms with Crippen LogP contribution in [0.4, 0.5) is 0 Å². The van der Waals surface area contributed by atoms with Gasteiger partial charge in [0, 0.05) is 11.8 Å². The Kier molecular flexibility index (Phi) is 2.94. The summed E-state index contributed by atoms with van der Waals surface area (Å²) in [6.45, 7) is 0. The molecular weight excluding hydrogens is 292 g/mol. The molecule has 0 aliphatic carbocycles. The maximum Gasteiger partial charge on any atom is 0.314 e. The number of aromatic amines is 1. The number of fused-ring (bicyclic) bond motifs is 1. The van der Waals surface area contributed by atoms with Crippen LogP contribution in [0.5, 0.6) is 0 Å². The Hall–Kier alpha value is -2.76. The van der Waals surface area contributed by atoms with Gasteiger partial charge in [0.15, 0.2) is 5.82 Å². The van der Waals surface area contributed by atoms with Crippen LogP contribution in [0.15, 0.2) is 41.6 Å². The molecular formula is C13H8N4O3S. The molecule has 21 heavy (non-hydrogen) atoms. The van der Waals surface area contributed by atoms with Gasteiger partial charge >= 0.3 is 10.1 Å². The molecule has 0 radical (unpaired) electrons. The molecule has 0 amide bonds. The number of benzene rings is 1. The second-order valence-corrected chi connectivity index (χ2v) is 5.57. The number of H-pyrrole nitrogens is 1. The lowest BCUT2D eigenvalue weighted by molar-refractivity contribution is 0.480. The second kappa shape index (κ2) is 4.66. The minimum absolute atomic E-state index is 0.00808. The molecule has 2 N–H and O–H groups in total. The SMILES string of the molecule is N#Cc1c[nH]c2c(S(=O)(=O)O)nc(-c3ccccc3)nc12. The van der Waals surface area contributed by atoms with E-state index in [-0.39, 0.29) is 22.4 Å². The van der Waals surface area contributed by atoms with E-state index < -0.39 is 15.1 Å². The number of aromatic nitrogens is 3. The third-order valence-electron chi connectivity index (χ3n) is 2.89. The molecule has 0 saturated carbocycles. The third-order valence-corrected chi connectivity index (χ3v) is 3.67. The number of nitrogens with zero attached hydrogens (tertiary/aromatic N) is 3. The van der Waals surface area contributed by atoms with Crippen molar-refractivity contribution in [2.45, 2.75) is 5.03 Å². The number of hydrogen-bond acceptors (Lipinski definition) is 5. The molecule has 0 saturated heterocycles.